The van der Waals surface area contributed by atoms with Crippen LogP contribution in [0.2, 0.25) is 0 Å². The highest BCUT2D eigenvalue weighted by atomic mass is 32.1. The third-order valence-corrected chi connectivity index (χ3v) is 6.77. The Bertz CT molecular complexity index is 922. The molecule has 2 aliphatic rings. The highest BCUT2D eigenvalue weighted by Gasteiger charge is 2.31. The topological polar surface area (TPSA) is 83.7 Å². The van der Waals surface area contributed by atoms with E-state index in [4.69, 9.17) is 0 Å². The molecular formula is C19H25N3O3S. The summed E-state index contributed by atoms with van der Waals surface area (Å²) in [5, 5.41) is 13.2. The average molecular weight is 375 g/mol. The molecule has 0 radical (unpaired) electrons. The van der Waals surface area contributed by atoms with Crippen LogP contribution in [0.4, 0.5) is 0 Å². The van der Waals surface area contributed by atoms with Gasteiger partial charge in [-0.25, -0.2) is 0 Å². The number of nitrogens with zero attached hydrogens (tertiary/aromatic N) is 2. The summed E-state index contributed by atoms with van der Waals surface area (Å²) < 4.78 is 1.55. The van der Waals surface area contributed by atoms with Crippen LogP contribution in [0, 0.1) is 5.41 Å². The minimum Gasteiger partial charge on any atom is -0.492 e. The molecule has 7 heteroatoms. The summed E-state index contributed by atoms with van der Waals surface area (Å²) in [5.41, 5.74) is 0.478. The van der Waals surface area contributed by atoms with Gasteiger partial charge in [0.25, 0.3) is 11.5 Å². The fraction of sp³-hybridized carbons (Fsp3) is 0.632. The Kier molecular flexibility index (Phi) is 4.29. The first-order chi connectivity index (χ1) is 12.4. The number of carbonyl (C=O) groups excluding carboxylic acids is 1. The normalized spacial score (nSPS) is 20.1. The number of nitrogens with one attached hydrogen (secondary N) is 1. The van der Waals surface area contributed by atoms with Gasteiger partial charge in [-0.2, -0.15) is 4.98 Å². The van der Waals surface area contributed by atoms with Crippen LogP contribution >= 0.6 is 11.3 Å². The van der Waals surface area contributed by atoms with Gasteiger partial charge in [0.15, 0.2) is 10.5 Å². The number of fused-ring (bicyclic) bond motifs is 3. The van der Waals surface area contributed by atoms with Gasteiger partial charge in [-0.05, 0) is 37.5 Å². The zero-order chi connectivity index (χ0) is 18.5. The van der Waals surface area contributed by atoms with E-state index in [0.29, 0.717) is 4.96 Å². The summed E-state index contributed by atoms with van der Waals surface area (Å²) in [7, 11) is 0. The van der Waals surface area contributed by atoms with Crippen molar-refractivity contribution in [2.75, 3.05) is 0 Å². The maximum Gasteiger partial charge on any atom is 0.275 e. The van der Waals surface area contributed by atoms with Crippen LogP contribution in [0.25, 0.3) is 4.96 Å². The Labute approximate surface area is 156 Å². The fourth-order valence-electron chi connectivity index (χ4n) is 4.16. The van der Waals surface area contributed by atoms with E-state index in [2.05, 4.69) is 24.1 Å². The number of thiazole rings is 1. The van der Waals surface area contributed by atoms with E-state index in [1.165, 1.54) is 17.8 Å². The molecule has 2 aromatic rings. The predicted molar refractivity (Wildman–Crippen MR) is 101 cm³/mol. The smallest absolute Gasteiger partial charge is 0.275 e. The van der Waals surface area contributed by atoms with Crippen molar-refractivity contribution in [2.24, 2.45) is 5.41 Å². The first kappa shape index (κ1) is 17.5. The Morgan fingerprint density at radius 1 is 1.31 bits per heavy atom. The van der Waals surface area contributed by atoms with E-state index in [1.807, 2.05) is 0 Å². The number of amides is 1. The van der Waals surface area contributed by atoms with Gasteiger partial charge in [0, 0.05) is 16.6 Å². The van der Waals surface area contributed by atoms with Crippen LogP contribution in [0.1, 0.15) is 73.3 Å². The molecule has 0 saturated heterocycles. The Balaban J connectivity index is 1.74. The van der Waals surface area contributed by atoms with E-state index in [1.54, 1.807) is 4.40 Å². The minimum atomic E-state index is -0.502. The lowest BCUT2D eigenvalue weighted by molar-refractivity contribution is 0.0922. The molecule has 1 fully saturated rings. The van der Waals surface area contributed by atoms with Crippen molar-refractivity contribution in [1.29, 1.82) is 0 Å². The quantitative estimate of drug-likeness (QED) is 0.845. The summed E-state index contributed by atoms with van der Waals surface area (Å²) in [5.74, 6) is -0.960. The third-order valence-electron chi connectivity index (χ3n) is 5.68. The maximum absolute atomic E-state index is 13.0. The van der Waals surface area contributed by atoms with E-state index in [0.717, 1.165) is 55.5 Å². The second kappa shape index (κ2) is 6.37. The first-order valence-electron chi connectivity index (χ1n) is 9.43. The zero-order valence-electron chi connectivity index (χ0n) is 15.3. The van der Waals surface area contributed by atoms with Crippen molar-refractivity contribution in [2.45, 2.75) is 71.3 Å². The van der Waals surface area contributed by atoms with Gasteiger partial charge < -0.3 is 10.4 Å². The number of carbonyl (C=O) groups is 1. The largest absolute Gasteiger partial charge is 0.492 e. The summed E-state index contributed by atoms with van der Waals surface area (Å²) in [4.78, 5) is 31.5. The van der Waals surface area contributed by atoms with Gasteiger partial charge in [-0.1, -0.05) is 33.1 Å². The third kappa shape index (κ3) is 3.02. The molecule has 6 nitrogen and oxygen atoms in total. The number of hydrogen-bond acceptors (Lipinski definition) is 5. The van der Waals surface area contributed by atoms with Crippen LogP contribution in [-0.4, -0.2) is 26.4 Å². The van der Waals surface area contributed by atoms with Crippen LogP contribution in [0.15, 0.2) is 4.79 Å². The van der Waals surface area contributed by atoms with Crippen molar-refractivity contribution >= 4 is 22.2 Å². The fourth-order valence-corrected chi connectivity index (χ4v) is 5.57. The van der Waals surface area contributed by atoms with Crippen LogP contribution in [0.5, 0.6) is 5.88 Å². The molecule has 2 aliphatic carbocycles. The summed E-state index contributed by atoms with van der Waals surface area (Å²) in [6.07, 6.45) is 7.87. The molecule has 0 aliphatic heterocycles. The molecule has 2 aromatic heterocycles. The molecule has 0 bridgehead atoms. The standard InChI is InChI=1S/C19H25N3O3S/c1-19(2)9-8-12-13(10-19)26-18-21-16(24)14(17(25)22(12)18)15(23)20-11-6-4-3-5-7-11/h11,24H,3-10H2,1-2H3,(H,20,23). The number of hydrogen-bond donors (Lipinski definition) is 2. The van der Waals surface area contributed by atoms with Crippen molar-refractivity contribution in [3.8, 4) is 5.88 Å². The average Bonchev–Trinajstić information content (AvgIpc) is 2.91. The molecule has 0 unspecified atom stereocenters. The molecule has 1 amide bonds. The molecule has 2 heterocycles. The molecule has 26 heavy (non-hydrogen) atoms. The van der Waals surface area contributed by atoms with Crippen LogP contribution in [-0.2, 0) is 12.8 Å². The van der Waals surface area contributed by atoms with Crippen molar-refractivity contribution in [3.63, 3.8) is 0 Å². The van der Waals surface area contributed by atoms with Gasteiger partial charge in [0.2, 0.25) is 5.88 Å². The maximum atomic E-state index is 13.0. The zero-order valence-corrected chi connectivity index (χ0v) is 16.1. The lowest BCUT2D eigenvalue weighted by Gasteiger charge is -2.28. The number of rotatable bonds is 2. The lowest BCUT2D eigenvalue weighted by atomic mass is 9.79. The second-order valence-electron chi connectivity index (χ2n) is 8.35. The van der Waals surface area contributed by atoms with E-state index in [9.17, 15) is 14.7 Å². The predicted octanol–water partition coefficient (Wildman–Crippen LogP) is 3.04. The monoisotopic (exact) mass is 375 g/mol. The molecule has 2 N–H and O–H groups in total. The summed E-state index contributed by atoms with van der Waals surface area (Å²) in [6.45, 7) is 4.44. The highest BCUT2D eigenvalue weighted by molar-refractivity contribution is 7.17. The van der Waals surface area contributed by atoms with E-state index < -0.39 is 17.3 Å². The molecular weight excluding hydrogens is 350 g/mol. The van der Waals surface area contributed by atoms with E-state index >= 15 is 0 Å². The van der Waals surface area contributed by atoms with Crippen molar-refractivity contribution in [1.82, 2.24) is 14.7 Å². The molecule has 140 valence electrons. The minimum absolute atomic E-state index is 0.0768. The molecule has 0 aromatic carbocycles. The molecule has 0 spiro atoms. The summed E-state index contributed by atoms with van der Waals surface area (Å²) >= 11 is 1.45. The number of aromatic nitrogens is 2. The Morgan fingerprint density at radius 2 is 2.04 bits per heavy atom. The number of aryl methyl sites for hydroxylation is 1. The number of aromatic hydroxyl groups is 1. The van der Waals surface area contributed by atoms with Crippen molar-refractivity contribution < 1.29 is 9.90 Å². The van der Waals surface area contributed by atoms with Gasteiger partial charge in [-0.3, -0.25) is 14.0 Å². The highest BCUT2D eigenvalue weighted by Crippen LogP contribution is 2.38. The van der Waals surface area contributed by atoms with Gasteiger partial charge in [-0.15, -0.1) is 11.3 Å². The van der Waals surface area contributed by atoms with Gasteiger partial charge in [0.05, 0.1) is 0 Å². The molecule has 0 atom stereocenters. The van der Waals surface area contributed by atoms with Gasteiger partial charge in [0.1, 0.15) is 0 Å². The van der Waals surface area contributed by atoms with Gasteiger partial charge >= 0.3 is 0 Å². The van der Waals surface area contributed by atoms with Crippen LogP contribution in [0.3, 0.4) is 0 Å². The van der Waals surface area contributed by atoms with Crippen LogP contribution < -0.4 is 10.9 Å². The lowest BCUT2D eigenvalue weighted by Crippen LogP contribution is -2.39. The molecule has 4 rings (SSSR count). The second-order valence-corrected chi connectivity index (χ2v) is 9.42. The summed E-state index contributed by atoms with van der Waals surface area (Å²) in [6, 6.07) is 0.0768. The Hall–Kier alpha value is -1.89. The van der Waals surface area contributed by atoms with Crippen molar-refractivity contribution in [3.05, 3.63) is 26.5 Å². The SMILES string of the molecule is CC1(C)CCc2c(sc3nc(O)c(C(=O)NC4CCCCC4)c(=O)n23)C1. The molecule has 1 saturated carbocycles. The first-order valence-corrected chi connectivity index (χ1v) is 10.2. The van der Waals surface area contributed by atoms with E-state index in [-0.39, 0.29) is 17.0 Å². The Morgan fingerprint density at radius 3 is 2.77 bits per heavy atom.